The van der Waals surface area contributed by atoms with Gasteiger partial charge in [0.2, 0.25) is 11.8 Å². The Bertz CT molecular complexity index is 281. The first-order chi connectivity index (χ1) is 8.65. The van der Waals surface area contributed by atoms with Crippen molar-refractivity contribution in [2.24, 2.45) is 5.92 Å². The minimum Gasteiger partial charge on any atom is -0.355 e. The summed E-state index contributed by atoms with van der Waals surface area (Å²) in [5.41, 5.74) is 0. The van der Waals surface area contributed by atoms with E-state index in [4.69, 9.17) is 0 Å². The SMILES string of the molecule is CCCNCCCNC(=O)CN1CC[C@@H](C)C1=O. The lowest BCUT2D eigenvalue weighted by atomic mass is 10.1. The van der Waals surface area contributed by atoms with Crippen LogP contribution in [-0.2, 0) is 9.59 Å². The second kappa shape index (κ2) is 8.08. The van der Waals surface area contributed by atoms with Gasteiger partial charge in [0, 0.05) is 19.0 Å². The Morgan fingerprint density at radius 3 is 2.78 bits per heavy atom. The van der Waals surface area contributed by atoms with Gasteiger partial charge in [-0.3, -0.25) is 9.59 Å². The molecule has 1 heterocycles. The second-order valence-corrected chi connectivity index (χ2v) is 4.90. The van der Waals surface area contributed by atoms with Crippen molar-refractivity contribution in [1.29, 1.82) is 0 Å². The maximum absolute atomic E-state index is 11.6. The first-order valence-corrected chi connectivity index (χ1v) is 6.91. The lowest BCUT2D eigenvalue weighted by Crippen LogP contribution is -2.39. The van der Waals surface area contributed by atoms with Gasteiger partial charge < -0.3 is 15.5 Å². The van der Waals surface area contributed by atoms with Crippen LogP contribution in [0.15, 0.2) is 0 Å². The van der Waals surface area contributed by atoms with Crippen molar-refractivity contribution >= 4 is 11.8 Å². The molecular weight excluding hydrogens is 230 g/mol. The van der Waals surface area contributed by atoms with E-state index in [0.29, 0.717) is 13.1 Å². The van der Waals surface area contributed by atoms with Crippen molar-refractivity contribution in [2.45, 2.75) is 33.1 Å². The monoisotopic (exact) mass is 255 g/mol. The van der Waals surface area contributed by atoms with E-state index in [1.807, 2.05) is 6.92 Å². The molecule has 0 aromatic heterocycles. The number of nitrogens with zero attached hydrogens (tertiary/aromatic N) is 1. The average Bonchev–Trinajstić information content (AvgIpc) is 2.65. The Labute approximate surface area is 109 Å². The summed E-state index contributed by atoms with van der Waals surface area (Å²) < 4.78 is 0. The zero-order chi connectivity index (χ0) is 13.4. The van der Waals surface area contributed by atoms with Crippen LogP contribution < -0.4 is 10.6 Å². The van der Waals surface area contributed by atoms with E-state index in [1.54, 1.807) is 4.90 Å². The smallest absolute Gasteiger partial charge is 0.239 e. The molecule has 5 heteroatoms. The molecule has 0 aromatic rings. The molecule has 0 radical (unpaired) electrons. The highest BCUT2D eigenvalue weighted by Gasteiger charge is 2.28. The van der Waals surface area contributed by atoms with Gasteiger partial charge >= 0.3 is 0 Å². The van der Waals surface area contributed by atoms with Crippen LogP contribution >= 0.6 is 0 Å². The highest BCUT2D eigenvalue weighted by Crippen LogP contribution is 2.16. The van der Waals surface area contributed by atoms with Crippen molar-refractivity contribution in [1.82, 2.24) is 15.5 Å². The summed E-state index contributed by atoms with van der Waals surface area (Å²) in [4.78, 5) is 24.9. The van der Waals surface area contributed by atoms with Crippen LogP contribution in [0.4, 0.5) is 0 Å². The highest BCUT2D eigenvalue weighted by molar-refractivity contribution is 5.86. The van der Waals surface area contributed by atoms with Crippen molar-refractivity contribution in [3.8, 4) is 0 Å². The first kappa shape index (κ1) is 15.0. The predicted octanol–water partition coefficient (Wildman–Crippen LogP) is 0.361. The van der Waals surface area contributed by atoms with Crippen molar-refractivity contribution in [3.63, 3.8) is 0 Å². The maximum atomic E-state index is 11.6. The van der Waals surface area contributed by atoms with Gasteiger partial charge in [0.15, 0.2) is 0 Å². The number of rotatable bonds is 8. The fourth-order valence-corrected chi connectivity index (χ4v) is 2.02. The number of amides is 2. The Hall–Kier alpha value is -1.10. The van der Waals surface area contributed by atoms with Gasteiger partial charge in [-0.15, -0.1) is 0 Å². The van der Waals surface area contributed by atoms with Crippen molar-refractivity contribution in [3.05, 3.63) is 0 Å². The highest BCUT2D eigenvalue weighted by atomic mass is 16.2. The quantitative estimate of drug-likeness (QED) is 0.616. The molecule has 18 heavy (non-hydrogen) atoms. The minimum atomic E-state index is -0.0482. The molecule has 1 saturated heterocycles. The third-order valence-electron chi connectivity index (χ3n) is 3.18. The van der Waals surface area contributed by atoms with Crippen molar-refractivity contribution in [2.75, 3.05) is 32.7 Å². The summed E-state index contributed by atoms with van der Waals surface area (Å²) in [6.45, 7) is 7.59. The van der Waals surface area contributed by atoms with Gasteiger partial charge in [-0.2, -0.15) is 0 Å². The van der Waals surface area contributed by atoms with E-state index in [1.165, 1.54) is 0 Å². The molecule has 5 nitrogen and oxygen atoms in total. The number of hydrogen-bond donors (Lipinski definition) is 2. The van der Waals surface area contributed by atoms with Gasteiger partial charge in [0.1, 0.15) is 0 Å². The molecule has 1 atom stereocenters. The number of carbonyl (C=O) groups excluding carboxylic acids is 2. The van der Waals surface area contributed by atoms with E-state index in [2.05, 4.69) is 17.6 Å². The van der Waals surface area contributed by atoms with E-state index >= 15 is 0 Å². The van der Waals surface area contributed by atoms with Crippen LogP contribution in [0.25, 0.3) is 0 Å². The first-order valence-electron chi connectivity index (χ1n) is 6.91. The molecule has 2 amide bonds. The van der Waals surface area contributed by atoms with Gasteiger partial charge in [-0.1, -0.05) is 13.8 Å². The zero-order valence-corrected chi connectivity index (χ0v) is 11.5. The minimum absolute atomic E-state index is 0.0482. The third-order valence-corrected chi connectivity index (χ3v) is 3.18. The normalized spacial score (nSPS) is 19.3. The summed E-state index contributed by atoms with van der Waals surface area (Å²) in [6.07, 6.45) is 2.92. The van der Waals surface area contributed by atoms with Gasteiger partial charge in [-0.25, -0.2) is 0 Å². The molecule has 0 unspecified atom stereocenters. The average molecular weight is 255 g/mol. The Kier molecular flexibility index (Phi) is 6.72. The fourth-order valence-electron chi connectivity index (χ4n) is 2.02. The molecule has 0 aliphatic carbocycles. The van der Waals surface area contributed by atoms with Crippen LogP contribution in [0.2, 0.25) is 0 Å². The van der Waals surface area contributed by atoms with Gasteiger partial charge in [-0.05, 0) is 32.4 Å². The van der Waals surface area contributed by atoms with E-state index < -0.39 is 0 Å². The summed E-state index contributed by atoms with van der Waals surface area (Å²) >= 11 is 0. The van der Waals surface area contributed by atoms with E-state index in [-0.39, 0.29) is 24.3 Å². The van der Waals surface area contributed by atoms with Crippen LogP contribution in [0.5, 0.6) is 0 Å². The lowest BCUT2D eigenvalue weighted by molar-refractivity contribution is -0.135. The van der Waals surface area contributed by atoms with Crippen LogP contribution in [0.1, 0.15) is 33.1 Å². The number of nitrogens with one attached hydrogen (secondary N) is 2. The second-order valence-electron chi connectivity index (χ2n) is 4.90. The molecule has 1 aliphatic heterocycles. The van der Waals surface area contributed by atoms with Crippen LogP contribution in [-0.4, -0.2) is 49.4 Å². The topological polar surface area (TPSA) is 61.4 Å². The summed E-state index contributed by atoms with van der Waals surface area (Å²) in [5, 5.41) is 6.13. The van der Waals surface area contributed by atoms with Crippen LogP contribution in [0, 0.1) is 5.92 Å². The van der Waals surface area contributed by atoms with Gasteiger partial charge in [0.25, 0.3) is 0 Å². The molecule has 1 fully saturated rings. The Balaban J connectivity index is 2.05. The van der Waals surface area contributed by atoms with Crippen molar-refractivity contribution < 1.29 is 9.59 Å². The Morgan fingerprint density at radius 1 is 1.39 bits per heavy atom. The Morgan fingerprint density at radius 2 is 2.17 bits per heavy atom. The maximum Gasteiger partial charge on any atom is 0.239 e. The summed E-state index contributed by atoms with van der Waals surface area (Å²) in [5.74, 6) is 0.138. The predicted molar refractivity (Wildman–Crippen MR) is 71.1 cm³/mol. The molecule has 2 N–H and O–H groups in total. The number of carbonyl (C=O) groups is 2. The summed E-state index contributed by atoms with van der Waals surface area (Å²) in [6, 6.07) is 0. The standard InChI is InChI=1S/C13H25N3O2/c1-3-6-14-7-4-8-15-12(17)10-16-9-5-11(2)13(16)18/h11,14H,3-10H2,1-2H3,(H,15,17)/t11-/m1/s1. The molecule has 0 bridgehead atoms. The lowest BCUT2D eigenvalue weighted by Gasteiger charge is -2.15. The molecule has 0 saturated carbocycles. The molecule has 1 rings (SSSR count). The molecular formula is C13H25N3O2. The number of likely N-dealkylation sites (tertiary alicyclic amines) is 1. The molecule has 0 aromatic carbocycles. The largest absolute Gasteiger partial charge is 0.355 e. The fraction of sp³-hybridized carbons (Fsp3) is 0.846. The molecule has 104 valence electrons. The summed E-state index contributed by atoms with van der Waals surface area (Å²) in [7, 11) is 0. The van der Waals surface area contributed by atoms with Crippen LogP contribution in [0.3, 0.4) is 0 Å². The molecule has 1 aliphatic rings. The zero-order valence-electron chi connectivity index (χ0n) is 11.5. The number of hydrogen-bond acceptors (Lipinski definition) is 3. The van der Waals surface area contributed by atoms with Gasteiger partial charge in [0.05, 0.1) is 6.54 Å². The third kappa shape index (κ3) is 5.04. The van der Waals surface area contributed by atoms with E-state index in [0.717, 1.165) is 32.4 Å². The molecule has 0 spiro atoms. The van der Waals surface area contributed by atoms with E-state index in [9.17, 15) is 9.59 Å².